The molecule has 172 valence electrons. The third-order valence-electron chi connectivity index (χ3n) is 4.25. The van der Waals surface area contributed by atoms with Gasteiger partial charge in [0.15, 0.2) is 0 Å². The van der Waals surface area contributed by atoms with Crippen molar-refractivity contribution >= 4 is 29.5 Å². The second-order valence-electron chi connectivity index (χ2n) is 8.72. The van der Waals surface area contributed by atoms with Gasteiger partial charge in [0.25, 0.3) is 0 Å². The molecule has 1 aliphatic rings. The second kappa shape index (κ2) is 11.2. The second-order valence-corrected chi connectivity index (χ2v) is 8.72. The Morgan fingerprint density at radius 3 is 2.00 bits per heavy atom. The maximum atomic E-state index is 12.1. The van der Waals surface area contributed by atoms with Crippen LogP contribution in [0.2, 0.25) is 0 Å². The number of amides is 6. The zero-order valence-corrected chi connectivity index (χ0v) is 19.4. The van der Waals surface area contributed by atoms with Gasteiger partial charge in [0.1, 0.15) is 0 Å². The molecule has 8 heteroatoms. The van der Waals surface area contributed by atoms with Crippen LogP contribution in [0.25, 0.3) is 0 Å². The monoisotopic (exact) mass is 439 g/mol. The van der Waals surface area contributed by atoms with Gasteiger partial charge in [-0.15, -0.1) is 0 Å². The highest BCUT2D eigenvalue weighted by atomic mass is 16.2. The molecule has 3 rings (SSSR count). The zero-order valence-electron chi connectivity index (χ0n) is 19.4. The largest absolute Gasteiger partial charge is 0.335 e. The van der Waals surface area contributed by atoms with Crippen molar-refractivity contribution in [3.05, 3.63) is 60.7 Å². The maximum absolute atomic E-state index is 12.1. The number of carbonyl (C=O) groups is 3. The number of anilines is 2. The van der Waals surface area contributed by atoms with Crippen LogP contribution >= 0.6 is 0 Å². The van der Waals surface area contributed by atoms with E-state index in [0.717, 1.165) is 11.4 Å². The molecule has 8 nitrogen and oxygen atoms in total. The quantitative estimate of drug-likeness (QED) is 0.650. The Labute approximate surface area is 190 Å². The number of imide groups is 1. The van der Waals surface area contributed by atoms with E-state index in [1.807, 2.05) is 95.3 Å². The minimum absolute atomic E-state index is 0.0241. The number of urea groups is 3. The fourth-order valence-corrected chi connectivity index (χ4v) is 2.92. The summed E-state index contributed by atoms with van der Waals surface area (Å²) in [5.74, 6) is 0. The average Bonchev–Trinajstić information content (AvgIpc) is 3.09. The highest BCUT2D eigenvalue weighted by Crippen LogP contribution is 2.19. The van der Waals surface area contributed by atoms with Crippen molar-refractivity contribution in [2.45, 2.75) is 46.2 Å². The summed E-state index contributed by atoms with van der Waals surface area (Å²) in [5, 5.41) is 8.29. The topological polar surface area (TPSA) is 93.8 Å². The van der Waals surface area contributed by atoms with Crippen LogP contribution in [-0.2, 0) is 0 Å². The number of hydrogen-bond donors (Lipinski definition) is 3. The summed E-state index contributed by atoms with van der Waals surface area (Å²) >= 11 is 0. The van der Waals surface area contributed by atoms with E-state index >= 15 is 0 Å². The fourth-order valence-electron chi connectivity index (χ4n) is 2.92. The summed E-state index contributed by atoms with van der Waals surface area (Å²) in [6.07, 6.45) is 0. The third-order valence-corrected chi connectivity index (χ3v) is 4.25. The molecule has 1 heterocycles. The van der Waals surface area contributed by atoms with Gasteiger partial charge in [-0.25, -0.2) is 19.3 Å². The van der Waals surface area contributed by atoms with E-state index in [1.54, 1.807) is 4.90 Å². The van der Waals surface area contributed by atoms with Crippen LogP contribution in [0.1, 0.15) is 34.6 Å². The van der Waals surface area contributed by atoms with Gasteiger partial charge >= 0.3 is 18.1 Å². The molecule has 1 fully saturated rings. The van der Waals surface area contributed by atoms with E-state index in [0.29, 0.717) is 13.1 Å². The highest BCUT2D eigenvalue weighted by molar-refractivity contribution is 6.04. The lowest BCUT2D eigenvalue weighted by Gasteiger charge is -2.20. The number of carbonyl (C=O) groups excluding carboxylic acids is 3. The van der Waals surface area contributed by atoms with Gasteiger partial charge in [0.05, 0.1) is 6.54 Å². The molecular weight excluding hydrogens is 406 g/mol. The van der Waals surface area contributed by atoms with Crippen molar-refractivity contribution in [2.75, 3.05) is 23.3 Å². The summed E-state index contributed by atoms with van der Waals surface area (Å²) in [5.41, 5.74) is 1.41. The van der Waals surface area contributed by atoms with Gasteiger partial charge in [-0.1, -0.05) is 36.4 Å². The lowest BCUT2D eigenvalue weighted by atomic mass is 10.1. The Morgan fingerprint density at radius 1 is 0.906 bits per heavy atom. The molecular formula is C24H33N5O3. The van der Waals surface area contributed by atoms with Crippen LogP contribution in [0.3, 0.4) is 0 Å². The van der Waals surface area contributed by atoms with Gasteiger partial charge in [0.2, 0.25) is 0 Å². The molecule has 2 aromatic rings. The van der Waals surface area contributed by atoms with Gasteiger partial charge in [-0.05, 0) is 58.9 Å². The Hall–Kier alpha value is -3.55. The molecule has 0 saturated carbocycles. The van der Waals surface area contributed by atoms with Crippen molar-refractivity contribution in [1.29, 1.82) is 0 Å². The van der Waals surface area contributed by atoms with Crippen LogP contribution in [0.15, 0.2) is 60.7 Å². The van der Waals surface area contributed by atoms with Crippen molar-refractivity contribution in [3.63, 3.8) is 0 Å². The van der Waals surface area contributed by atoms with Gasteiger partial charge in [-0.3, -0.25) is 4.90 Å². The molecule has 1 saturated heterocycles. The standard InChI is InChI=1S/C13H17N3O2.C11H16N2O/c1-10(2)14-12(17)16-9-8-15(13(16)18)11-6-4-3-5-7-11;1-11(2,3)13-10(14)12-9-7-5-4-6-8-9/h3-7,10H,8-9H2,1-2H3,(H,14,17);4-8H,1-3H3,(H2,12,13,14). The third kappa shape index (κ3) is 7.94. The summed E-state index contributed by atoms with van der Waals surface area (Å²) < 4.78 is 0. The SMILES string of the molecule is CC(C)(C)NC(=O)Nc1ccccc1.CC(C)NC(=O)N1CCN(c2ccccc2)C1=O. The van der Waals surface area contributed by atoms with E-state index in [1.165, 1.54) is 4.90 Å². The normalized spacial score (nSPS) is 13.4. The first-order valence-corrected chi connectivity index (χ1v) is 10.7. The number of benzene rings is 2. The number of para-hydroxylation sites is 2. The molecule has 0 radical (unpaired) electrons. The first-order chi connectivity index (χ1) is 15.1. The number of rotatable bonds is 3. The molecule has 0 spiro atoms. The van der Waals surface area contributed by atoms with Crippen LogP contribution < -0.4 is 20.9 Å². The zero-order chi connectivity index (χ0) is 23.7. The van der Waals surface area contributed by atoms with Gasteiger partial charge in [-0.2, -0.15) is 0 Å². The van der Waals surface area contributed by atoms with Crippen LogP contribution in [-0.4, -0.2) is 47.7 Å². The smallest absolute Gasteiger partial charge is 0.332 e. The minimum Gasteiger partial charge on any atom is -0.335 e. The average molecular weight is 440 g/mol. The van der Waals surface area contributed by atoms with E-state index < -0.39 is 0 Å². The first kappa shape index (κ1) is 24.7. The van der Waals surface area contributed by atoms with Crippen LogP contribution in [0.5, 0.6) is 0 Å². The minimum atomic E-state index is -0.326. The molecule has 2 aromatic carbocycles. The van der Waals surface area contributed by atoms with Crippen molar-refractivity contribution < 1.29 is 14.4 Å². The van der Waals surface area contributed by atoms with E-state index in [4.69, 9.17) is 0 Å². The summed E-state index contributed by atoms with van der Waals surface area (Å²) in [7, 11) is 0. The molecule has 0 atom stereocenters. The van der Waals surface area contributed by atoms with Gasteiger partial charge in [0, 0.05) is 29.5 Å². The lowest BCUT2D eigenvalue weighted by molar-refractivity contribution is 0.198. The first-order valence-electron chi connectivity index (χ1n) is 10.7. The lowest BCUT2D eigenvalue weighted by Crippen LogP contribution is -2.45. The van der Waals surface area contributed by atoms with Crippen LogP contribution in [0, 0.1) is 0 Å². The van der Waals surface area contributed by atoms with E-state index in [2.05, 4.69) is 16.0 Å². The van der Waals surface area contributed by atoms with Crippen molar-refractivity contribution in [1.82, 2.24) is 15.5 Å². The molecule has 0 aliphatic carbocycles. The van der Waals surface area contributed by atoms with Crippen molar-refractivity contribution in [3.8, 4) is 0 Å². The number of nitrogens with zero attached hydrogens (tertiary/aromatic N) is 2. The summed E-state index contributed by atoms with van der Waals surface area (Å²) in [6.45, 7) is 10.5. The maximum Gasteiger partial charge on any atom is 0.332 e. The van der Waals surface area contributed by atoms with E-state index in [9.17, 15) is 14.4 Å². The number of hydrogen-bond acceptors (Lipinski definition) is 3. The predicted octanol–water partition coefficient (Wildman–Crippen LogP) is 4.65. The Morgan fingerprint density at radius 2 is 1.47 bits per heavy atom. The fraction of sp³-hybridized carbons (Fsp3) is 0.375. The Kier molecular flexibility index (Phi) is 8.63. The molecule has 0 unspecified atom stereocenters. The number of nitrogens with one attached hydrogen (secondary N) is 3. The van der Waals surface area contributed by atoms with Crippen molar-refractivity contribution in [2.24, 2.45) is 0 Å². The predicted molar refractivity (Wildman–Crippen MR) is 128 cm³/mol. The summed E-state index contributed by atoms with van der Waals surface area (Å²) in [4.78, 5) is 38.2. The molecule has 6 amide bonds. The Bertz CT molecular complexity index is 895. The molecule has 1 aliphatic heterocycles. The molecule has 0 aromatic heterocycles. The molecule has 3 N–H and O–H groups in total. The molecule has 0 bridgehead atoms. The van der Waals surface area contributed by atoms with Gasteiger partial charge < -0.3 is 16.0 Å². The van der Waals surface area contributed by atoms with Crippen LogP contribution in [0.4, 0.5) is 25.8 Å². The molecule has 32 heavy (non-hydrogen) atoms. The highest BCUT2D eigenvalue weighted by Gasteiger charge is 2.33. The summed E-state index contributed by atoms with van der Waals surface area (Å²) in [6, 6.07) is 18.0. The Balaban J connectivity index is 0.000000235. The van der Waals surface area contributed by atoms with E-state index in [-0.39, 0.29) is 29.7 Å².